The fraction of sp³-hybridized carbons (Fsp3) is 0.462. The molecule has 1 aliphatic rings. The molecule has 172 valence electrons. The quantitative estimate of drug-likeness (QED) is 0.530. The minimum Gasteiger partial charge on any atom is -0.482 e. The van der Waals surface area contributed by atoms with Gasteiger partial charge < -0.3 is 20.1 Å². The van der Waals surface area contributed by atoms with Crippen molar-refractivity contribution in [3.05, 3.63) is 59.7 Å². The molecule has 1 heterocycles. The van der Waals surface area contributed by atoms with Crippen molar-refractivity contribution in [2.45, 2.75) is 57.9 Å². The number of benzene rings is 2. The Hall–Kier alpha value is -3.02. The standard InChI is InChI=1S/C26H34N2O4/c1-2-3-10-23(22-9-5-6-11-24(22)28-16-7-4-8-17-28)27-25(29)18-20-12-14-21(15-13-20)32-19-26(30)31/h5-6,9,11-15,23H,2-4,7-8,10,16-19H2,1H3,(H,27,29)(H,30,31). The van der Waals surface area contributed by atoms with Crippen LogP contribution in [0.4, 0.5) is 5.69 Å². The summed E-state index contributed by atoms with van der Waals surface area (Å²) in [6.07, 6.45) is 7.03. The summed E-state index contributed by atoms with van der Waals surface area (Å²) in [5, 5.41) is 12.0. The summed E-state index contributed by atoms with van der Waals surface area (Å²) in [4.78, 5) is 26.0. The molecule has 1 aliphatic heterocycles. The van der Waals surface area contributed by atoms with Gasteiger partial charge in [0.15, 0.2) is 6.61 Å². The van der Waals surface area contributed by atoms with Crippen molar-refractivity contribution < 1.29 is 19.4 Å². The summed E-state index contributed by atoms with van der Waals surface area (Å²) in [6, 6.07) is 15.5. The highest BCUT2D eigenvalue weighted by atomic mass is 16.5. The number of carbonyl (C=O) groups excluding carboxylic acids is 1. The molecule has 2 aromatic rings. The predicted molar refractivity (Wildman–Crippen MR) is 126 cm³/mol. The van der Waals surface area contributed by atoms with Crippen molar-refractivity contribution in [2.75, 3.05) is 24.6 Å². The fourth-order valence-corrected chi connectivity index (χ4v) is 4.20. The van der Waals surface area contributed by atoms with Crippen LogP contribution in [0.5, 0.6) is 5.75 Å². The maximum absolute atomic E-state index is 12.9. The monoisotopic (exact) mass is 438 g/mol. The van der Waals surface area contributed by atoms with E-state index in [2.05, 4.69) is 41.4 Å². The summed E-state index contributed by atoms with van der Waals surface area (Å²) in [5.41, 5.74) is 3.31. The molecule has 0 bridgehead atoms. The van der Waals surface area contributed by atoms with E-state index >= 15 is 0 Å². The molecule has 3 rings (SSSR count). The van der Waals surface area contributed by atoms with Gasteiger partial charge >= 0.3 is 5.97 Å². The van der Waals surface area contributed by atoms with E-state index in [1.165, 1.54) is 30.5 Å². The number of unbranched alkanes of at least 4 members (excludes halogenated alkanes) is 1. The first kappa shape index (κ1) is 23.6. The largest absolute Gasteiger partial charge is 0.482 e. The number of hydrogen-bond acceptors (Lipinski definition) is 4. The number of carboxylic acids is 1. The minimum absolute atomic E-state index is 0.0150. The van der Waals surface area contributed by atoms with Crippen LogP contribution in [-0.4, -0.2) is 36.7 Å². The third-order valence-electron chi connectivity index (χ3n) is 5.84. The first-order valence-electron chi connectivity index (χ1n) is 11.6. The average Bonchev–Trinajstić information content (AvgIpc) is 2.82. The summed E-state index contributed by atoms with van der Waals surface area (Å²) in [5.74, 6) is -0.553. The number of anilines is 1. The van der Waals surface area contributed by atoms with E-state index in [1.54, 1.807) is 24.3 Å². The lowest BCUT2D eigenvalue weighted by molar-refractivity contribution is -0.139. The molecule has 2 N–H and O–H groups in total. The van der Waals surface area contributed by atoms with Gasteiger partial charge in [-0.3, -0.25) is 4.79 Å². The zero-order chi connectivity index (χ0) is 22.8. The Morgan fingerprint density at radius 3 is 2.47 bits per heavy atom. The maximum atomic E-state index is 12.9. The molecule has 2 aromatic carbocycles. The zero-order valence-electron chi connectivity index (χ0n) is 18.9. The number of amides is 1. The van der Waals surface area contributed by atoms with Gasteiger partial charge in [-0.15, -0.1) is 0 Å². The van der Waals surface area contributed by atoms with Gasteiger partial charge in [0, 0.05) is 18.8 Å². The molecule has 0 spiro atoms. The number of carbonyl (C=O) groups is 2. The van der Waals surface area contributed by atoms with E-state index in [0.717, 1.165) is 37.9 Å². The summed E-state index contributed by atoms with van der Waals surface area (Å²) in [7, 11) is 0. The van der Waals surface area contributed by atoms with Gasteiger partial charge in [-0.2, -0.15) is 0 Å². The molecule has 1 fully saturated rings. The van der Waals surface area contributed by atoms with Crippen molar-refractivity contribution >= 4 is 17.6 Å². The Balaban J connectivity index is 1.68. The summed E-state index contributed by atoms with van der Waals surface area (Å²) >= 11 is 0. The van der Waals surface area contributed by atoms with Crippen LogP contribution in [0.2, 0.25) is 0 Å². The van der Waals surface area contributed by atoms with E-state index in [0.29, 0.717) is 5.75 Å². The van der Waals surface area contributed by atoms with E-state index in [4.69, 9.17) is 9.84 Å². The zero-order valence-corrected chi connectivity index (χ0v) is 18.9. The Labute approximate surface area is 190 Å². The third kappa shape index (κ3) is 7.01. The highest BCUT2D eigenvalue weighted by molar-refractivity contribution is 5.79. The molecule has 1 saturated heterocycles. The molecule has 1 amide bonds. The highest BCUT2D eigenvalue weighted by Gasteiger charge is 2.21. The Bertz CT molecular complexity index is 876. The number of nitrogens with zero attached hydrogens (tertiary/aromatic N) is 1. The molecule has 0 aliphatic carbocycles. The van der Waals surface area contributed by atoms with Crippen molar-refractivity contribution in [2.24, 2.45) is 0 Å². The van der Waals surface area contributed by atoms with Gasteiger partial charge in [0.25, 0.3) is 0 Å². The van der Waals surface area contributed by atoms with Crippen molar-refractivity contribution in [1.29, 1.82) is 0 Å². The maximum Gasteiger partial charge on any atom is 0.341 e. The fourth-order valence-electron chi connectivity index (χ4n) is 4.20. The average molecular weight is 439 g/mol. The number of carboxylic acid groups (broad SMARTS) is 1. The van der Waals surface area contributed by atoms with E-state index in [9.17, 15) is 9.59 Å². The molecule has 0 aromatic heterocycles. The van der Waals surface area contributed by atoms with Gasteiger partial charge in [0.05, 0.1) is 12.5 Å². The van der Waals surface area contributed by atoms with Crippen molar-refractivity contribution in [3.8, 4) is 5.75 Å². The number of piperidine rings is 1. The number of hydrogen-bond donors (Lipinski definition) is 2. The van der Waals surface area contributed by atoms with E-state index in [1.807, 2.05) is 0 Å². The highest BCUT2D eigenvalue weighted by Crippen LogP contribution is 2.31. The lowest BCUT2D eigenvalue weighted by Crippen LogP contribution is -2.34. The SMILES string of the molecule is CCCCC(NC(=O)Cc1ccc(OCC(=O)O)cc1)c1ccccc1N1CCCCC1. The van der Waals surface area contributed by atoms with E-state index < -0.39 is 5.97 Å². The molecule has 0 radical (unpaired) electrons. The molecule has 6 nitrogen and oxygen atoms in total. The van der Waals surface area contributed by atoms with Crippen LogP contribution >= 0.6 is 0 Å². The van der Waals surface area contributed by atoms with Gasteiger partial charge in [-0.25, -0.2) is 4.79 Å². The summed E-state index contributed by atoms with van der Waals surface area (Å²) in [6.45, 7) is 3.93. The molecular weight excluding hydrogens is 404 g/mol. The summed E-state index contributed by atoms with van der Waals surface area (Å²) < 4.78 is 5.16. The van der Waals surface area contributed by atoms with Gasteiger partial charge in [-0.05, 0) is 55.0 Å². The molecule has 0 saturated carbocycles. The van der Waals surface area contributed by atoms with Crippen LogP contribution < -0.4 is 15.0 Å². The molecule has 1 unspecified atom stereocenters. The molecule has 6 heteroatoms. The van der Waals surface area contributed by atoms with Crippen LogP contribution in [0.3, 0.4) is 0 Å². The number of para-hydroxylation sites is 1. The number of rotatable bonds is 11. The Kier molecular flexibility index (Phi) is 8.96. The minimum atomic E-state index is -1.02. The van der Waals surface area contributed by atoms with Crippen LogP contribution in [0.1, 0.15) is 62.6 Å². The second-order valence-electron chi connectivity index (χ2n) is 8.37. The topological polar surface area (TPSA) is 78.9 Å². The molecular formula is C26H34N2O4. The van der Waals surface area contributed by atoms with Crippen LogP contribution in [-0.2, 0) is 16.0 Å². The third-order valence-corrected chi connectivity index (χ3v) is 5.84. The first-order chi connectivity index (χ1) is 15.6. The predicted octanol–water partition coefficient (Wildman–Crippen LogP) is 4.73. The number of nitrogens with one attached hydrogen (secondary N) is 1. The lowest BCUT2D eigenvalue weighted by atomic mass is 9.97. The normalized spacial score (nSPS) is 14.6. The number of ether oxygens (including phenoxy) is 1. The Morgan fingerprint density at radius 1 is 1.06 bits per heavy atom. The van der Waals surface area contributed by atoms with Gasteiger partial charge in [0.1, 0.15) is 5.75 Å². The van der Waals surface area contributed by atoms with Crippen molar-refractivity contribution in [3.63, 3.8) is 0 Å². The van der Waals surface area contributed by atoms with Crippen LogP contribution in [0.25, 0.3) is 0 Å². The second-order valence-corrected chi connectivity index (χ2v) is 8.37. The van der Waals surface area contributed by atoms with E-state index in [-0.39, 0.29) is 25.0 Å². The smallest absolute Gasteiger partial charge is 0.341 e. The van der Waals surface area contributed by atoms with Crippen LogP contribution in [0, 0.1) is 0 Å². The van der Waals surface area contributed by atoms with Crippen molar-refractivity contribution in [1.82, 2.24) is 5.32 Å². The molecule has 1 atom stereocenters. The first-order valence-corrected chi connectivity index (χ1v) is 11.6. The van der Waals surface area contributed by atoms with Gasteiger partial charge in [0.2, 0.25) is 5.91 Å². The second kappa shape index (κ2) is 12.1. The Morgan fingerprint density at radius 2 is 1.78 bits per heavy atom. The lowest BCUT2D eigenvalue weighted by Gasteiger charge is -2.33. The van der Waals surface area contributed by atoms with Gasteiger partial charge in [-0.1, -0.05) is 50.1 Å². The van der Waals surface area contributed by atoms with Crippen LogP contribution in [0.15, 0.2) is 48.5 Å². The number of aliphatic carboxylic acids is 1. The molecule has 32 heavy (non-hydrogen) atoms.